The van der Waals surface area contributed by atoms with Crippen molar-refractivity contribution in [1.29, 1.82) is 0 Å². The van der Waals surface area contributed by atoms with Gasteiger partial charge in [-0.1, -0.05) is 23.2 Å². The van der Waals surface area contributed by atoms with Gasteiger partial charge in [-0.25, -0.2) is 13.2 Å². The van der Waals surface area contributed by atoms with Gasteiger partial charge < -0.3 is 9.84 Å². The molecule has 0 aromatic heterocycles. The molecule has 0 amide bonds. The fourth-order valence-corrected chi connectivity index (χ4v) is 2.90. The van der Waals surface area contributed by atoms with Gasteiger partial charge in [0.05, 0.1) is 22.3 Å². The second-order valence-corrected chi connectivity index (χ2v) is 6.29. The zero-order valence-corrected chi connectivity index (χ0v) is 13.0. The summed E-state index contributed by atoms with van der Waals surface area (Å²) in [6.07, 6.45) is 0. The molecule has 116 valence electrons. The van der Waals surface area contributed by atoms with E-state index in [2.05, 4.69) is 4.74 Å². The van der Waals surface area contributed by atoms with Crippen LogP contribution in [0.15, 0.2) is 12.1 Å². The predicted molar refractivity (Wildman–Crippen MR) is 77.5 cm³/mol. The maximum atomic E-state index is 11.8. The van der Waals surface area contributed by atoms with Crippen LogP contribution in [-0.2, 0) is 19.6 Å². The highest BCUT2D eigenvalue weighted by Crippen LogP contribution is 2.32. The molecule has 2 N–H and O–H groups in total. The number of halogens is 2. The van der Waals surface area contributed by atoms with Crippen molar-refractivity contribution in [3.8, 4) is 0 Å². The van der Waals surface area contributed by atoms with Gasteiger partial charge in [-0.3, -0.25) is 9.52 Å². The van der Waals surface area contributed by atoms with Crippen LogP contribution in [0.3, 0.4) is 0 Å². The van der Waals surface area contributed by atoms with Gasteiger partial charge in [0.1, 0.15) is 5.56 Å². The molecule has 0 radical (unpaired) electrons. The number of sulfonamides is 1. The van der Waals surface area contributed by atoms with Crippen LogP contribution >= 0.6 is 23.2 Å². The number of carboxylic acids is 1. The van der Waals surface area contributed by atoms with E-state index >= 15 is 0 Å². The number of esters is 1. The summed E-state index contributed by atoms with van der Waals surface area (Å²) in [5, 5.41) is 8.71. The third kappa shape index (κ3) is 4.76. The van der Waals surface area contributed by atoms with Crippen molar-refractivity contribution in [3.63, 3.8) is 0 Å². The Morgan fingerprint density at radius 2 is 1.86 bits per heavy atom. The summed E-state index contributed by atoms with van der Waals surface area (Å²) in [7, 11) is -4.18. The van der Waals surface area contributed by atoms with Gasteiger partial charge in [-0.2, -0.15) is 0 Å². The molecule has 1 aromatic rings. The van der Waals surface area contributed by atoms with E-state index in [0.29, 0.717) is 0 Å². The lowest BCUT2D eigenvalue weighted by Gasteiger charge is -2.12. The van der Waals surface area contributed by atoms with Crippen LogP contribution in [0.4, 0.5) is 5.69 Å². The third-order valence-electron chi connectivity index (χ3n) is 2.19. The number of aromatic carboxylic acids is 1. The Morgan fingerprint density at radius 1 is 1.29 bits per heavy atom. The maximum Gasteiger partial charge on any atom is 0.339 e. The minimum absolute atomic E-state index is 0.0205. The van der Waals surface area contributed by atoms with Crippen molar-refractivity contribution in [3.05, 3.63) is 27.7 Å². The Morgan fingerprint density at radius 3 is 2.38 bits per heavy atom. The third-order valence-corrected chi connectivity index (χ3v) is 3.95. The van der Waals surface area contributed by atoms with Crippen LogP contribution in [-0.4, -0.2) is 37.8 Å². The normalized spacial score (nSPS) is 11.0. The first-order chi connectivity index (χ1) is 9.68. The minimum atomic E-state index is -4.18. The maximum absolute atomic E-state index is 11.8. The summed E-state index contributed by atoms with van der Waals surface area (Å²) >= 11 is 11.5. The Balaban J connectivity index is 3.16. The van der Waals surface area contributed by atoms with Crippen molar-refractivity contribution in [1.82, 2.24) is 0 Å². The number of carbonyl (C=O) groups excluding carboxylic acids is 1. The number of carbonyl (C=O) groups is 2. The monoisotopic (exact) mass is 355 g/mol. The first-order valence-corrected chi connectivity index (χ1v) is 7.96. The Kier molecular flexibility index (Phi) is 5.82. The summed E-state index contributed by atoms with van der Waals surface area (Å²) in [6, 6.07) is 2.45. The van der Waals surface area contributed by atoms with Crippen molar-refractivity contribution in [2.75, 3.05) is 17.1 Å². The average Bonchev–Trinajstić information content (AvgIpc) is 2.32. The van der Waals surface area contributed by atoms with E-state index in [1.807, 2.05) is 4.72 Å². The molecule has 7 nitrogen and oxygen atoms in total. The molecule has 10 heteroatoms. The van der Waals surface area contributed by atoms with E-state index in [9.17, 15) is 18.0 Å². The highest BCUT2D eigenvalue weighted by atomic mass is 35.5. The Labute approximate surface area is 130 Å². The van der Waals surface area contributed by atoms with E-state index in [0.717, 1.165) is 0 Å². The van der Waals surface area contributed by atoms with Crippen LogP contribution in [0.2, 0.25) is 10.0 Å². The first kappa shape index (κ1) is 17.5. The molecule has 1 aromatic carbocycles. The van der Waals surface area contributed by atoms with E-state index < -0.39 is 39.0 Å². The van der Waals surface area contributed by atoms with Crippen LogP contribution in [0, 0.1) is 0 Å². The second kappa shape index (κ2) is 6.97. The van der Waals surface area contributed by atoms with Crippen molar-refractivity contribution in [2.45, 2.75) is 6.92 Å². The summed E-state index contributed by atoms with van der Waals surface area (Å²) < 4.78 is 30.1. The van der Waals surface area contributed by atoms with Gasteiger partial charge in [-0.05, 0) is 19.1 Å². The van der Waals surface area contributed by atoms with Crippen molar-refractivity contribution >= 4 is 50.9 Å². The number of rotatable bonds is 6. The molecule has 0 aliphatic carbocycles. The molecule has 0 fully saturated rings. The molecule has 0 saturated carbocycles. The lowest BCUT2D eigenvalue weighted by atomic mass is 10.2. The van der Waals surface area contributed by atoms with Gasteiger partial charge in [0, 0.05) is 0 Å². The number of carboxylic acid groups (broad SMARTS) is 1. The summed E-state index contributed by atoms with van der Waals surface area (Å²) in [5.74, 6) is -3.40. The number of ether oxygens (including phenoxy) is 1. The lowest BCUT2D eigenvalue weighted by molar-refractivity contribution is -0.139. The van der Waals surface area contributed by atoms with Gasteiger partial charge in [-0.15, -0.1) is 0 Å². The minimum Gasteiger partial charge on any atom is -0.478 e. The highest BCUT2D eigenvalue weighted by molar-refractivity contribution is 7.93. The number of benzene rings is 1. The molecule has 0 aliphatic rings. The molecule has 21 heavy (non-hydrogen) atoms. The molecule has 0 unspecified atom stereocenters. The Hall–Kier alpha value is -1.51. The standard InChI is InChI=1S/C11H11Cl2NO6S/c1-2-20-8(15)5-21(18,19)14-10-7(13)4-3-6(12)9(10)11(16)17/h3-4,14H,2,5H2,1H3,(H,16,17). The molecule has 0 spiro atoms. The van der Waals surface area contributed by atoms with Crippen molar-refractivity contribution in [2.24, 2.45) is 0 Å². The quantitative estimate of drug-likeness (QED) is 0.755. The molecule has 0 aliphatic heterocycles. The van der Waals surface area contributed by atoms with E-state index in [4.69, 9.17) is 28.3 Å². The zero-order valence-electron chi connectivity index (χ0n) is 10.7. The van der Waals surface area contributed by atoms with Gasteiger partial charge in [0.2, 0.25) is 10.0 Å². The smallest absolute Gasteiger partial charge is 0.339 e. The highest BCUT2D eigenvalue weighted by Gasteiger charge is 2.24. The first-order valence-electron chi connectivity index (χ1n) is 5.55. The second-order valence-electron chi connectivity index (χ2n) is 3.75. The SMILES string of the molecule is CCOC(=O)CS(=O)(=O)Nc1c(Cl)ccc(Cl)c1C(=O)O. The van der Waals surface area contributed by atoms with Crippen LogP contribution < -0.4 is 4.72 Å². The average molecular weight is 356 g/mol. The number of anilines is 1. The van der Waals surface area contributed by atoms with Crippen molar-refractivity contribution < 1.29 is 27.9 Å². The Bertz CT molecular complexity index is 674. The number of hydrogen-bond donors (Lipinski definition) is 2. The fourth-order valence-electron chi connectivity index (χ4n) is 1.41. The number of nitrogens with one attached hydrogen (secondary N) is 1. The molecule has 0 bridgehead atoms. The van der Waals surface area contributed by atoms with Gasteiger partial charge in [0.15, 0.2) is 5.75 Å². The topological polar surface area (TPSA) is 110 Å². The van der Waals surface area contributed by atoms with Crippen LogP contribution in [0.5, 0.6) is 0 Å². The summed E-state index contributed by atoms with van der Waals surface area (Å²) in [5.41, 5.74) is -0.905. The van der Waals surface area contributed by atoms with Gasteiger partial charge >= 0.3 is 11.9 Å². The van der Waals surface area contributed by atoms with E-state index in [-0.39, 0.29) is 16.7 Å². The molecule has 0 atom stereocenters. The lowest BCUT2D eigenvalue weighted by Crippen LogP contribution is -2.25. The molecular formula is C11H11Cl2NO6S. The molecule has 1 rings (SSSR count). The molecule has 0 saturated heterocycles. The van der Waals surface area contributed by atoms with E-state index in [1.54, 1.807) is 0 Å². The van der Waals surface area contributed by atoms with E-state index in [1.165, 1.54) is 19.1 Å². The molecule has 0 heterocycles. The summed E-state index contributed by atoms with van der Waals surface area (Å²) in [6.45, 7) is 1.54. The van der Waals surface area contributed by atoms with Crippen LogP contribution in [0.25, 0.3) is 0 Å². The van der Waals surface area contributed by atoms with Crippen LogP contribution in [0.1, 0.15) is 17.3 Å². The largest absolute Gasteiger partial charge is 0.478 e. The summed E-state index contributed by atoms with van der Waals surface area (Å²) in [4.78, 5) is 22.3. The predicted octanol–water partition coefficient (Wildman–Crippen LogP) is 2.00. The number of hydrogen-bond acceptors (Lipinski definition) is 5. The zero-order chi connectivity index (χ0) is 16.2. The fraction of sp³-hybridized carbons (Fsp3) is 0.273. The van der Waals surface area contributed by atoms with Gasteiger partial charge in [0.25, 0.3) is 0 Å². The molecular weight excluding hydrogens is 345 g/mol.